The monoisotopic (exact) mass is 439 g/mol. The molecule has 0 atom stereocenters. The van der Waals surface area contributed by atoms with Crippen molar-refractivity contribution >= 4 is 18.6 Å². The lowest BCUT2D eigenvalue weighted by Crippen LogP contribution is -2.41. The second-order valence-corrected chi connectivity index (χ2v) is 10.4. The number of rotatable bonds is 4. The van der Waals surface area contributed by atoms with Crippen LogP contribution < -0.4 is 10.2 Å². The Morgan fingerprint density at radius 3 is 2.00 bits per heavy atom. The lowest BCUT2D eigenvalue weighted by atomic mass is 9.78. The summed E-state index contributed by atoms with van der Waals surface area (Å²) in [5.41, 5.74) is 3.60. The smallest absolute Gasteiger partial charge is 0.481 e. The van der Waals surface area contributed by atoms with Crippen molar-refractivity contribution in [2.75, 3.05) is 7.11 Å². The summed E-state index contributed by atoms with van der Waals surface area (Å²) in [6.45, 7) is 17.6. The maximum absolute atomic E-state index is 12.6. The molecule has 0 unspecified atom stereocenters. The Morgan fingerprint density at radius 1 is 1.00 bits per heavy atom. The van der Waals surface area contributed by atoms with Gasteiger partial charge in [-0.15, -0.1) is 0 Å². The number of methoxy groups -OCH3 is 1. The minimum absolute atomic E-state index is 0.332. The first-order valence-electron chi connectivity index (χ1n) is 10.9. The van der Waals surface area contributed by atoms with Crippen molar-refractivity contribution < 1.29 is 23.6 Å². The predicted octanol–water partition coefficient (Wildman–Crippen LogP) is 4.63. The maximum Gasteiger partial charge on any atom is 0.500 e. The Bertz CT molecular complexity index is 1000. The predicted molar refractivity (Wildman–Crippen MR) is 127 cm³/mol. The Morgan fingerprint density at radius 2 is 1.53 bits per heavy atom. The molecule has 2 aromatic rings. The van der Waals surface area contributed by atoms with Crippen molar-refractivity contribution in [3.63, 3.8) is 0 Å². The van der Waals surface area contributed by atoms with Gasteiger partial charge >= 0.3 is 13.1 Å². The van der Waals surface area contributed by atoms with E-state index in [9.17, 15) is 4.79 Å². The fraction of sp³-hybridized carbons (Fsp3) is 0.520. The molecule has 1 aliphatic heterocycles. The van der Waals surface area contributed by atoms with Gasteiger partial charge in [-0.2, -0.15) is 0 Å². The highest BCUT2D eigenvalue weighted by molar-refractivity contribution is 6.63. The van der Waals surface area contributed by atoms with Gasteiger partial charge in [0.2, 0.25) is 5.88 Å². The van der Waals surface area contributed by atoms with Crippen LogP contribution >= 0.6 is 0 Å². The van der Waals surface area contributed by atoms with Crippen LogP contribution in [0, 0.1) is 13.8 Å². The molecule has 6 nitrogen and oxygen atoms in total. The van der Waals surface area contributed by atoms with Crippen LogP contribution in [0.25, 0.3) is 11.1 Å². The average molecular weight is 439 g/mol. The molecule has 3 rings (SSSR count). The summed E-state index contributed by atoms with van der Waals surface area (Å²) in [7, 11) is 0.993. The van der Waals surface area contributed by atoms with E-state index in [1.54, 1.807) is 13.3 Å². The molecule has 0 N–H and O–H groups in total. The lowest BCUT2D eigenvalue weighted by molar-refractivity contribution is 0.00578. The zero-order valence-electron chi connectivity index (χ0n) is 20.9. The van der Waals surface area contributed by atoms with Gasteiger partial charge in [0.05, 0.1) is 23.9 Å². The summed E-state index contributed by atoms with van der Waals surface area (Å²) in [5.74, 6) is 0.133. The highest BCUT2D eigenvalue weighted by Gasteiger charge is 2.52. The van der Waals surface area contributed by atoms with Crippen LogP contribution in [-0.4, -0.2) is 42.0 Å². The number of pyridine rings is 1. The third kappa shape index (κ3) is 4.69. The van der Waals surface area contributed by atoms with E-state index in [1.165, 1.54) is 0 Å². The Kier molecular flexibility index (Phi) is 6.22. The molecule has 1 aliphatic rings. The van der Waals surface area contributed by atoms with E-state index in [0.29, 0.717) is 11.4 Å². The van der Waals surface area contributed by atoms with Crippen LogP contribution in [0.15, 0.2) is 24.4 Å². The molecule has 0 amide bonds. The Balaban J connectivity index is 2.02. The molecule has 32 heavy (non-hydrogen) atoms. The average Bonchev–Trinajstić information content (AvgIpc) is 2.87. The number of esters is 1. The van der Waals surface area contributed by atoms with Gasteiger partial charge in [-0.25, -0.2) is 9.78 Å². The van der Waals surface area contributed by atoms with Crippen LogP contribution in [0.2, 0.25) is 0 Å². The van der Waals surface area contributed by atoms with E-state index in [2.05, 4.69) is 4.98 Å². The highest BCUT2D eigenvalue weighted by atomic mass is 16.7. The van der Waals surface area contributed by atoms with Crippen LogP contribution in [0.5, 0.6) is 5.88 Å². The van der Waals surface area contributed by atoms with E-state index in [4.69, 9.17) is 18.8 Å². The van der Waals surface area contributed by atoms with Crippen molar-refractivity contribution in [3.8, 4) is 17.0 Å². The van der Waals surface area contributed by atoms with E-state index in [1.807, 2.05) is 80.5 Å². The minimum atomic E-state index is -0.593. The van der Waals surface area contributed by atoms with Gasteiger partial charge in [0.25, 0.3) is 0 Å². The number of hydrogen-bond acceptors (Lipinski definition) is 6. The molecule has 0 spiro atoms. The molecular formula is C25H34BNO5. The number of benzene rings is 1. The van der Waals surface area contributed by atoms with Crippen LogP contribution in [-0.2, 0) is 14.0 Å². The molecule has 0 saturated carbocycles. The topological polar surface area (TPSA) is 66.9 Å². The summed E-state index contributed by atoms with van der Waals surface area (Å²) in [5, 5.41) is 0. The molecule has 0 bridgehead atoms. The molecule has 2 heterocycles. The first-order valence-corrected chi connectivity index (χ1v) is 10.9. The molecular weight excluding hydrogens is 405 g/mol. The highest BCUT2D eigenvalue weighted by Crippen LogP contribution is 2.37. The van der Waals surface area contributed by atoms with Crippen molar-refractivity contribution in [2.45, 2.75) is 79.1 Å². The number of ether oxygens (including phenoxy) is 2. The number of carbonyl (C=O) groups is 1. The second-order valence-electron chi connectivity index (χ2n) is 10.4. The SMILES string of the molecule is COc1ncc(-c2c(C)cc(C(=O)OC(C)(C)C)cc2C)cc1B1OC(C)(C)C(C)(C)O1. The van der Waals surface area contributed by atoms with Crippen molar-refractivity contribution in [2.24, 2.45) is 0 Å². The number of aryl methyl sites for hydroxylation is 2. The number of aromatic nitrogens is 1. The second kappa shape index (κ2) is 8.20. The zero-order valence-corrected chi connectivity index (χ0v) is 20.9. The molecule has 0 aliphatic carbocycles. The molecule has 7 heteroatoms. The molecule has 1 fully saturated rings. The summed E-state index contributed by atoms with van der Waals surface area (Å²) in [6, 6.07) is 5.71. The van der Waals surface area contributed by atoms with E-state index >= 15 is 0 Å². The summed E-state index contributed by atoms with van der Waals surface area (Å²) in [6.07, 6.45) is 1.77. The van der Waals surface area contributed by atoms with Crippen molar-refractivity contribution in [3.05, 3.63) is 41.1 Å². The molecule has 172 valence electrons. The number of nitrogens with zero attached hydrogens (tertiary/aromatic N) is 1. The van der Waals surface area contributed by atoms with Gasteiger partial charge in [-0.3, -0.25) is 0 Å². The van der Waals surface area contributed by atoms with Gasteiger partial charge in [-0.05, 0) is 97.2 Å². The number of hydrogen-bond donors (Lipinski definition) is 0. The van der Waals surface area contributed by atoms with Crippen molar-refractivity contribution in [1.82, 2.24) is 4.98 Å². The summed E-state index contributed by atoms with van der Waals surface area (Å²) < 4.78 is 23.5. The Labute approximate surface area is 191 Å². The first-order chi connectivity index (χ1) is 14.6. The van der Waals surface area contributed by atoms with E-state index in [0.717, 1.165) is 27.7 Å². The molecule has 1 aromatic carbocycles. The fourth-order valence-electron chi connectivity index (χ4n) is 3.79. The molecule has 1 aromatic heterocycles. The third-order valence-electron chi connectivity index (χ3n) is 6.04. The van der Waals surface area contributed by atoms with Gasteiger partial charge in [0.1, 0.15) is 5.60 Å². The Hall–Kier alpha value is -2.38. The van der Waals surface area contributed by atoms with Crippen LogP contribution in [0.4, 0.5) is 0 Å². The molecule has 1 saturated heterocycles. The third-order valence-corrected chi connectivity index (χ3v) is 6.04. The zero-order chi connectivity index (χ0) is 24.1. The lowest BCUT2D eigenvalue weighted by Gasteiger charge is -2.32. The number of carbonyl (C=O) groups excluding carboxylic acids is 1. The van der Waals surface area contributed by atoms with E-state index < -0.39 is 23.9 Å². The molecule has 0 radical (unpaired) electrons. The van der Waals surface area contributed by atoms with Gasteiger partial charge in [0.15, 0.2) is 0 Å². The van der Waals surface area contributed by atoms with E-state index in [-0.39, 0.29) is 5.97 Å². The normalized spacial score (nSPS) is 17.4. The van der Waals surface area contributed by atoms with Gasteiger partial charge < -0.3 is 18.8 Å². The quantitative estimate of drug-likeness (QED) is 0.511. The van der Waals surface area contributed by atoms with Gasteiger partial charge in [0, 0.05) is 17.2 Å². The maximum atomic E-state index is 12.6. The standard InChI is InChI=1S/C25H34BNO5/c1-15-11-17(22(28)30-23(3,4)5)12-16(2)20(15)18-13-19(21(29-10)27-14-18)26-31-24(6,7)25(8,9)32-26/h11-14H,1-10H3. The largest absolute Gasteiger partial charge is 0.500 e. The summed E-state index contributed by atoms with van der Waals surface area (Å²) >= 11 is 0. The van der Waals surface area contributed by atoms with Crippen LogP contribution in [0.3, 0.4) is 0 Å². The van der Waals surface area contributed by atoms with Crippen LogP contribution in [0.1, 0.15) is 70.0 Å². The first kappa shape index (κ1) is 24.3. The van der Waals surface area contributed by atoms with Gasteiger partial charge in [-0.1, -0.05) is 0 Å². The fourth-order valence-corrected chi connectivity index (χ4v) is 3.79. The summed E-state index contributed by atoms with van der Waals surface area (Å²) in [4.78, 5) is 17.1. The van der Waals surface area contributed by atoms with Crippen molar-refractivity contribution in [1.29, 1.82) is 0 Å². The minimum Gasteiger partial charge on any atom is -0.481 e.